The minimum Gasteiger partial charge on any atom is -0.497 e. The van der Waals surface area contributed by atoms with Gasteiger partial charge in [-0.05, 0) is 50.2 Å². The average molecular weight is 374 g/mol. The number of piperidine rings is 1. The Labute approximate surface area is 165 Å². The molecule has 0 aliphatic carbocycles. The number of nitrogens with zero attached hydrogens (tertiary/aromatic N) is 4. The predicted octanol–water partition coefficient (Wildman–Crippen LogP) is 4.45. The third kappa shape index (κ3) is 3.06. The van der Waals surface area contributed by atoms with Crippen molar-refractivity contribution in [3.63, 3.8) is 0 Å². The van der Waals surface area contributed by atoms with Crippen LogP contribution in [-0.2, 0) is 6.54 Å². The van der Waals surface area contributed by atoms with Crippen molar-refractivity contribution in [3.8, 4) is 17.0 Å². The summed E-state index contributed by atoms with van der Waals surface area (Å²) in [6.07, 6.45) is 6.16. The van der Waals surface area contributed by atoms with Gasteiger partial charge in [0.15, 0.2) is 0 Å². The molecule has 1 aliphatic rings. The average Bonchev–Trinajstić information content (AvgIpc) is 3.31. The van der Waals surface area contributed by atoms with Crippen molar-refractivity contribution in [2.24, 2.45) is 0 Å². The standard InChI is InChI=1S/C23H26N4O/c1-28-19-9-7-8-18(16-19)20-17-27-22-11-4-3-10-21(22)26(23(27)24-20)15-14-25-12-5-2-6-13-25/h3-4,7-11,16-17H,2,5-6,12-15H2,1H3. The highest BCUT2D eigenvalue weighted by Crippen LogP contribution is 2.27. The normalized spacial score (nSPS) is 15.5. The van der Waals surface area contributed by atoms with Gasteiger partial charge in [0.1, 0.15) is 5.75 Å². The summed E-state index contributed by atoms with van der Waals surface area (Å²) < 4.78 is 9.98. The Morgan fingerprint density at radius 3 is 2.57 bits per heavy atom. The minimum absolute atomic E-state index is 0.855. The zero-order valence-electron chi connectivity index (χ0n) is 16.3. The van der Waals surface area contributed by atoms with Gasteiger partial charge in [0.05, 0.1) is 23.8 Å². The molecule has 4 aromatic rings. The van der Waals surface area contributed by atoms with Crippen LogP contribution in [-0.4, -0.2) is 45.6 Å². The molecule has 144 valence electrons. The third-order valence-corrected chi connectivity index (χ3v) is 5.81. The molecule has 0 unspecified atom stereocenters. The zero-order valence-corrected chi connectivity index (χ0v) is 16.3. The van der Waals surface area contributed by atoms with Crippen molar-refractivity contribution < 1.29 is 4.74 Å². The Balaban J connectivity index is 1.55. The van der Waals surface area contributed by atoms with E-state index in [1.165, 1.54) is 43.4 Å². The first-order valence-electron chi connectivity index (χ1n) is 10.2. The molecule has 0 bridgehead atoms. The lowest BCUT2D eigenvalue weighted by molar-refractivity contribution is 0.222. The van der Waals surface area contributed by atoms with Gasteiger partial charge in [-0.15, -0.1) is 0 Å². The van der Waals surface area contributed by atoms with Crippen LogP contribution in [0.4, 0.5) is 0 Å². The van der Waals surface area contributed by atoms with E-state index in [9.17, 15) is 0 Å². The van der Waals surface area contributed by atoms with E-state index in [2.05, 4.69) is 50.4 Å². The highest BCUT2D eigenvalue weighted by atomic mass is 16.5. The second kappa shape index (κ2) is 7.32. The molecule has 1 saturated heterocycles. The second-order valence-electron chi connectivity index (χ2n) is 7.57. The highest BCUT2D eigenvalue weighted by Gasteiger charge is 2.16. The number of hydrogen-bond acceptors (Lipinski definition) is 3. The smallest absolute Gasteiger partial charge is 0.215 e. The quantitative estimate of drug-likeness (QED) is 0.518. The molecule has 5 heteroatoms. The van der Waals surface area contributed by atoms with Crippen molar-refractivity contribution in [1.82, 2.24) is 18.9 Å². The maximum Gasteiger partial charge on any atom is 0.215 e. The fraction of sp³-hybridized carbons (Fsp3) is 0.348. The lowest BCUT2D eigenvalue weighted by Gasteiger charge is -2.26. The van der Waals surface area contributed by atoms with Crippen molar-refractivity contribution >= 4 is 16.8 Å². The molecule has 1 fully saturated rings. The van der Waals surface area contributed by atoms with Crippen LogP contribution in [0.5, 0.6) is 5.75 Å². The molecular weight excluding hydrogens is 348 g/mol. The van der Waals surface area contributed by atoms with Gasteiger partial charge in [-0.1, -0.05) is 30.7 Å². The molecule has 0 atom stereocenters. The second-order valence-corrected chi connectivity index (χ2v) is 7.57. The maximum atomic E-state index is 5.39. The van der Waals surface area contributed by atoms with E-state index in [-0.39, 0.29) is 0 Å². The number of methoxy groups -OCH3 is 1. The predicted molar refractivity (Wildman–Crippen MR) is 113 cm³/mol. The summed E-state index contributed by atoms with van der Waals surface area (Å²) in [4.78, 5) is 7.60. The van der Waals surface area contributed by atoms with E-state index in [0.29, 0.717) is 0 Å². The molecule has 0 amide bonds. The van der Waals surface area contributed by atoms with E-state index in [0.717, 1.165) is 35.9 Å². The van der Waals surface area contributed by atoms with E-state index in [4.69, 9.17) is 9.72 Å². The Morgan fingerprint density at radius 2 is 1.75 bits per heavy atom. The molecule has 1 aliphatic heterocycles. The third-order valence-electron chi connectivity index (χ3n) is 5.81. The van der Waals surface area contributed by atoms with Gasteiger partial charge in [0, 0.05) is 24.8 Å². The fourth-order valence-electron chi connectivity index (χ4n) is 4.31. The van der Waals surface area contributed by atoms with Crippen LogP contribution in [0.25, 0.3) is 28.1 Å². The van der Waals surface area contributed by atoms with Gasteiger partial charge >= 0.3 is 0 Å². The van der Waals surface area contributed by atoms with Crippen LogP contribution < -0.4 is 4.74 Å². The lowest BCUT2D eigenvalue weighted by atomic mass is 10.1. The molecule has 0 spiro atoms. The van der Waals surface area contributed by atoms with Gasteiger partial charge in [0.25, 0.3) is 0 Å². The van der Waals surface area contributed by atoms with Crippen LogP contribution in [0, 0.1) is 0 Å². The number of imidazole rings is 2. The van der Waals surface area contributed by atoms with E-state index >= 15 is 0 Å². The lowest BCUT2D eigenvalue weighted by Crippen LogP contribution is -2.32. The first-order chi connectivity index (χ1) is 13.8. The van der Waals surface area contributed by atoms with Crippen LogP contribution in [0.2, 0.25) is 0 Å². The molecule has 0 N–H and O–H groups in total. The maximum absolute atomic E-state index is 5.39. The van der Waals surface area contributed by atoms with Crippen LogP contribution in [0.15, 0.2) is 54.7 Å². The Hall–Kier alpha value is -2.79. The topological polar surface area (TPSA) is 34.7 Å². The van der Waals surface area contributed by atoms with E-state index in [1.54, 1.807) is 7.11 Å². The molecule has 3 heterocycles. The number of likely N-dealkylation sites (tertiary alicyclic amines) is 1. The minimum atomic E-state index is 0.855. The Bertz CT molecular complexity index is 1100. The van der Waals surface area contributed by atoms with Gasteiger partial charge in [-0.25, -0.2) is 4.98 Å². The SMILES string of the molecule is COc1cccc(-c2cn3c4ccccc4n(CCN4CCCCC4)c3n2)c1. The summed E-state index contributed by atoms with van der Waals surface area (Å²) in [6, 6.07) is 16.7. The fourth-order valence-corrected chi connectivity index (χ4v) is 4.31. The number of para-hydroxylation sites is 2. The van der Waals surface area contributed by atoms with Crippen molar-refractivity contribution in [1.29, 1.82) is 0 Å². The summed E-state index contributed by atoms with van der Waals surface area (Å²) in [5.41, 5.74) is 4.51. The molecule has 0 saturated carbocycles. The molecule has 2 aromatic carbocycles. The van der Waals surface area contributed by atoms with Gasteiger partial charge in [-0.3, -0.25) is 4.40 Å². The Morgan fingerprint density at radius 1 is 0.929 bits per heavy atom. The number of benzene rings is 2. The zero-order chi connectivity index (χ0) is 18.9. The summed E-state index contributed by atoms with van der Waals surface area (Å²) >= 11 is 0. The molecule has 2 aromatic heterocycles. The van der Waals surface area contributed by atoms with Gasteiger partial charge < -0.3 is 14.2 Å². The van der Waals surface area contributed by atoms with Crippen LogP contribution >= 0.6 is 0 Å². The number of aromatic nitrogens is 3. The van der Waals surface area contributed by atoms with E-state index < -0.39 is 0 Å². The Kier molecular flexibility index (Phi) is 4.53. The summed E-state index contributed by atoms with van der Waals surface area (Å²) in [6.45, 7) is 4.49. The van der Waals surface area contributed by atoms with Crippen LogP contribution in [0.3, 0.4) is 0 Å². The number of rotatable bonds is 5. The largest absolute Gasteiger partial charge is 0.497 e. The molecular formula is C23H26N4O. The van der Waals surface area contributed by atoms with E-state index in [1.807, 2.05) is 18.2 Å². The summed E-state index contributed by atoms with van der Waals surface area (Å²) in [7, 11) is 1.70. The molecule has 5 rings (SSSR count). The van der Waals surface area contributed by atoms with Gasteiger partial charge in [0.2, 0.25) is 5.78 Å². The highest BCUT2D eigenvalue weighted by molar-refractivity contribution is 5.82. The molecule has 5 nitrogen and oxygen atoms in total. The first-order valence-corrected chi connectivity index (χ1v) is 10.2. The molecule has 28 heavy (non-hydrogen) atoms. The monoisotopic (exact) mass is 374 g/mol. The van der Waals surface area contributed by atoms with Crippen LogP contribution in [0.1, 0.15) is 19.3 Å². The number of fused-ring (bicyclic) bond motifs is 3. The molecule has 0 radical (unpaired) electrons. The number of hydrogen-bond donors (Lipinski definition) is 0. The number of ether oxygens (including phenoxy) is 1. The van der Waals surface area contributed by atoms with Crippen molar-refractivity contribution in [2.45, 2.75) is 25.8 Å². The summed E-state index contributed by atoms with van der Waals surface area (Å²) in [5.74, 6) is 1.86. The first kappa shape index (κ1) is 17.3. The summed E-state index contributed by atoms with van der Waals surface area (Å²) in [5, 5.41) is 0. The van der Waals surface area contributed by atoms with Crippen molar-refractivity contribution in [2.75, 3.05) is 26.7 Å². The van der Waals surface area contributed by atoms with Gasteiger partial charge in [-0.2, -0.15) is 0 Å². The van der Waals surface area contributed by atoms with Crippen molar-refractivity contribution in [3.05, 3.63) is 54.7 Å².